The van der Waals surface area contributed by atoms with E-state index in [2.05, 4.69) is 20.5 Å². The molecule has 5 heterocycles. The van der Waals surface area contributed by atoms with Crippen LogP contribution in [-0.2, 0) is 22.1 Å². The molecule has 4 aliphatic rings. The molecule has 0 aromatic carbocycles. The lowest BCUT2D eigenvalue weighted by Crippen LogP contribution is -2.68. The van der Waals surface area contributed by atoms with Crippen molar-refractivity contribution in [2.45, 2.75) is 44.0 Å². The fourth-order valence-corrected chi connectivity index (χ4v) is 6.09. The Kier molecular flexibility index (Phi) is 4.81. The first-order valence-corrected chi connectivity index (χ1v) is 11.5. The molecule has 0 unspecified atom stereocenters. The number of hydrogen-bond donors (Lipinski definition) is 2. The first-order valence-electron chi connectivity index (χ1n) is 11.5. The summed E-state index contributed by atoms with van der Waals surface area (Å²) in [6, 6.07) is 0.957. The third kappa shape index (κ3) is 3.68. The zero-order valence-electron chi connectivity index (χ0n) is 18.4. The van der Waals surface area contributed by atoms with E-state index in [1.165, 1.54) is 0 Å². The molecule has 6 rings (SSSR count). The van der Waals surface area contributed by atoms with Gasteiger partial charge in [-0.15, -0.1) is 0 Å². The van der Waals surface area contributed by atoms with E-state index < -0.39 is 11.7 Å². The van der Waals surface area contributed by atoms with Crippen molar-refractivity contribution >= 4 is 23.0 Å². The van der Waals surface area contributed by atoms with E-state index >= 15 is 0 Å². The molecule has 3 aliphatic heterocycles. The molecule has 3 saturated heterocycles. The summed E-state index contributed by atoms with van der Waals surface area (Å²) in [7, 11) is 0. The minimum Gasteiger partial charge on any atom is -0.366 e. The number of urea groups is 1. The highest BCUT2D eigenvalue weighted by Gasteiger charge is 2.54. The number of hydrogen-bond acceptors (Lipinski definition) is 5. The van der Waals surface area contributed by atoms with Gasteiger partial charge in [-0.25, -0.2) is 9.78 Å². The molecule has 34 heavy (non-hydrogen) atoms. The van der Waals surface area contributed by atoms with Gasteiger partial charge in [0.05, 0.1) is 17.7 Å². The minimum atomic E-state index is -4.44. The van der Waals surface area contributed by atoms with Crippen LogP contribution in [0.5, 0.6) is 0 Å². The summed E-state index contributed by atoms with van der Waals surface area (Å²) >= 11 is 0. The number of likely N-dealkylation sites (tertiary alicyclic amines) is 2. The number of carbonyl (C=O) groups is 2. The lowest BCUT2D eigenvalue weighted by Gasteiger charge is -2.60. The standard InChI is InChI=1S/C22H25F3N6O3/c23-22(24,25)13-4-14-15(28-29-19(14)26-7-13)3-12-5-21(6-12)10-31(11-21)20(33)30-2-1-17-16(8-30)27-18(32)9-34-17/h4,7,12,16-17H,1-3,5-6,8-11H2,(H,27,32)(H,26,28,29)/t16-,17+/m1/s1. The van der Waals surface area contributed by atoms with Crippen LogP contribution in [0, 0.1) is 11.3 Å². The number of amides is 3. The normalized spacial score (nSPS) is 26.7. The lowest BCUT2D eigenvalue weighted by atomic mass is 9.57. The number of fused-ring (bicyclic) bond motifs is 2. The molecule has 1 aliphatic carbocycles. The van der Waals surface area contributed by atoms with Gasteiger partial charge in [0.15, 0.2) is 5.65 Å². The first-order chi connectivity index (χ1) is 16.2. The number of nitrogens with zero attached hydrogens (tertiary/aromatic N) is 4. The molecule has 4 fully saturated rings. The Morgan fingerprint density at radius 2 is 2.06 bits per heavy atom. The number of halogens is 3. The van der Waals surface area contributed by atoms with Crippen molar-refractivity contribution in [1.29, 1.82) is 0 Å². The zero-order valence-corrected chi connectivity index (χ0v) is 18.4. The Hall–Kier alpha value is -2.89. The van der Waals surface area contributed by atoms with Crippen LogP contribution in [0.3, 0.4) is 0 Å². The lowest BCUT2D eigenvalue weighted by molar-refractivity contribution is -0.140. The monoisotopic (exact) mass is 478 g/mol. The second-order valence-electron chi connectivity index (χ2n) is 10.2. The summed E-state index contributed by atoms with van der Waals surface area (Å²) in [5, 5.41) is 10.2. The van der Waals surface area contributed by atoms with Gasteiger partial charge in [-0.1, -0.05) is 0 Å². The zero-order chi connectivity index (χ0) is 23.7. The topological polar surface area (TPSA) is 103 Å². The Morgan fingerprint density at radius 3 is 2.82 bits per heavy atom. The first kappa shape index (κ1) is 21.6. The van der Waals surface area contributed by atoms with Crippen LogP contribution in [0.1, 0.15) is 30.5 Å². The maximum absolute atomic E-state index is 13.1. The maximum atomic E-state index is 13.1. The number of H-pyrrole nitrogens is 1. The van der Waals surface area contributed by atoms with E-state index in [-0.39, 0.29) is 36.1 Å². The van der Waals surface area contributed by atoms with E-state index in [0.717, 1.165) is 25.1 Å². The van der Waals surface area contributed by atoms with Gasteiger partial charge in [0.2, 0.25) is 5.91 Å². The molecule has 1 spiro atoms. The quantitative estimate of drug-likeness (QED) is 0.687. The van der Waals surface area contributed by atoms with Gasteiger partial charge < -0.3 is 19.9 Å². The summed E-state index contributed by atoms with van der Waals surface area (Å²) in [6.45, 7) is 2.54. The molecule has 2 aromatic rings. The molecular formula is C22H25F3N6O3. The van der Waals surface area contributed by atoms with E-state index in [0.29, 0.717) is 61.7 Å². The smallest absolute Gasteiger partial charge is 0.366 e. The van der Waals surface area contributed by atoms with E-state index in [1.54, 1.807) is 4.90 Å². The van der Waals surface area contributed by atoms with E-state index in [1.807, 2.05) is 4.90 Å². The number of nitrogens with one attached hydrogen (secondary N) is 2. The molecule has 2 atom stereocenters. The highest BCUT2D eigenvalue weighted by Crippen LogP contribution is 2.53. The van der Waals surface area contributed by atoms with Crippen molar-refractivity contribution in [2.24, 2.45) is 11.3 Å². The van der Waals surface area contributed by atoms with Crippen LogP contribution in [-0.4, -0.2) is 81.9 Å². The van der Waals surface area contributed by atoms with Crippen LogP contribution in [0.4, 0.5) is 18.0 Å². The fourth-order valence-electron chi connectivity index (χ4n) is 6.09. The maximum Gasteiger partial charge on any atom is 0.417 e. The summed E-state index contributed by atoms with van der Waals surface area (Å²) in [5.41, 5.74) is 0.303. The average Bonchev–Trinajstić information content (AvgIpc) is 3.15. The third-order valence-electron chi connectivity index (χ3n) is 7.67. The van der Waals surface area contributed by atoms with Gasteiger partial charge in [-0.05, 0) is 37.7 Å². The molecule has 12 heteroatoms. The third-order valence-corrected chi connectivity index (χ3v) is 7.67. The Bertz CT molecular complexity index is 1140. The van der Waals surface area contributed by atoms with Crippen molar-refractivity contribution in [3.05, 3.63) is 23.5 Å². The van der Waals surface area contributed by atoms with Gasteiger partial charge >= 0.3 is 12.2 Å². The summed E-state index contributed by atoms with van der Waals surface area (Å²) < 4.78 is 44.7. The molecule has 0 bridgehead atoms. The fraction of sp³-hybridized carbons (Fsp3) is 0.636. The van der Waals surface area contributed by atoms with Crippen molar-refractivity contribution in [3.63, 3.8) is 0 Å². The highest BCUT2D eigenvalue weighted by atomic mass is 19.4. The minimum absolute atomic E-state index is 0.00216. The number of morpholine rings is 1. The number of ether oxygens (including phenoxy) is 1. The number of pyridine rings is 1. The van der Waals surface area contributed by atoms with Crippen molar-refractivity contribution in [3.8, 4) is 0 Å². The Balaban J connectivity index is 1.03. The Morgan fingerprint density at radius 1 is 1.26 bits per heavy atom. The van der Waals surface area contributed by atoms with Crippen LogP contribution in [0.25, 0.3) is 11.0 Å². The predicted molar refractivity (Wildman–Crippen MR) is 113 cm³/mol. The van der Waals surface area contributed by atoms with Gasteiger partial charge in [-0.3, -0.25) is 9.89 Å². The van der Waals surface area contributed by atoms with Gasteiger partial charge in [-0.2, -0.15) is 18.3 Å². The van der Waals surface area contributed by atoms with E-state index in [9.17, 15) is 22.8 Å². The summed E-state index contributed by atoms with van der Waals surface area (Å²) in [6.07, 6.45) is -0.481. The number of piperidine rings is 1. The molecule has 2 aromatic heterocycles. The van der Waals surface area contributed by atoms with Crippen molar-refractivity contribution in [1.82, 2.24) is 30.3 Å². The van der Waals surface area contributed by atoms with Crippen LogP contribution in [0.2, 0.25) is 0 Å². The van der Waals surface area contributed by atoms with Crippen molar-refractivity contribution in [2.75, 3.05) is 32.8 Å². The van der Waals surface area contributed by atoms with Gasteiger partial charge in [0, 0.05) is 48.9 Å². The molecule has 1 saturated carbocycles. The molecule has 3 amide bonds. The highest BCUT2D eigenvalue weighted by molar-refractivity contribution is 5.79. The molecule has 9 nitrogen and oxygen atoms in total. The number of aromatic amines is 1. The second kappa shape index (κ2) is 7.56. The van der Waals surface area contributed by atoms with Crippen LogP contribution >= 0.6 is 0 Å². The SMILES string of the molecule is O=C1CO[C@H]2CCN(C(=O)N3CC4(CC(Cc5[nH]nc6ncc(C(F)(F)F)cc56)C4)C3)C[C@H]2N1. The second-order valence-corrected chi connectivity index (χ2v) is 10.2. The number of rotatable bonds is 2. The van der Waals surface area contributed by atoms with Crippen molar-refractivity contribution < 1.29 is 27.5 Å². The average molecular weight is 478 g/mol. The van der Waals surface area contributed by atoms with Gasteiger partial charge in [0.1, 0.15) is 6.61 Å². The van der Waals surface area contributed by atoms with Crippen LogP contribution in [0.15, 0.2) is 12.3 Å². The number of alkyl halides is 3. The van der Waals surface area contributed by atoms with Gasteiger partial charge in [0.25, 0.3) is 0 Å². The van der Waals surface area contributed by atoms with E-state index in [4.69, 9.17) is 4.74 Å². The molecule has 2 N–H and O–H groups in total. The molecule has 0 radical (unpaired) electrons. The Labute approximate surface area is 193 Å². The summed E-state index contributed by atoms with van der Waals surface area (Å²) in [4.78, 5) is 32.0. The van der Waals surface area contributed by atoms with Crippen LogP contribution < -0.4 is 5.32 Å². The number of carbonyl (C=O) groups excluding carboxylic acids is 2. The predicted octanol–water partition coefficient (Wildman–Crippen LogP) is 1.94. The summed E-state index contributed by atoms with van der Waals surface area (Å²) in [5.74, 6) is 0.190. The molecule has 182 valence electrons. The largest absolute Gasteiger partial charge is 0.417 e. The number of aromatic nitrogens is 3. The molecular weight excluding hydrogens is 453 g/mol.